The van der Waals surface area contributed by atoms with Crippen LogP contribution in [0.3, 0.4) is 0 Å². The van der Waals surface area contributed by atoms with E-state index in [1.54, 1.807) is 32.4 Å². The predicted molar refractivity (Wildman–Crippen MR) is 55.1 cm³/mol. The van der Waals surface area contributed by atoms with E-state index in [9.17, 15) is 0 Å². The van der Waals surface area contributed by atoms with Crippen LogP contribution in [0.2, 0.25) is 0 Å². The summed E-state index contributed by atoms with van der Waals surface area (Å²) >= 11 is 0. The van der Waals surface area contributed by atoms with E-state index in [2.05, 4.69) is 5.32 Å². The first kappa shape index (κ1) is 10.2. The van der Waals surface area contributed by atoms with Crippen LogP contribution >= 0.6 is 0 Å². The minimum absolute atomic E-state index is 0.125. The van der Waals surface area contributed by atoms with Gasteiger partial charge in [0, 0.05) is 23.9 Å². The third-order valence-corrected chi connectivity index (χ3v) is 1.63. The highest BCUT2D eigenvalue weighted by Gasteiger charge is 2.01. The Kier molecular flexibility index (Phi) is 3.17. The Morgan fingerprint density at radius 2 is 1.71 bits per heavy atom. The second-order valence-corrected chi connectivity index (χ2v) is 2.64. The molecule has 5 nitrogen and oxygen atoms in total. The number of hydrogen-bond acceptors (Lipinski definition) is 3. The van der Waals surface area contributed by atoms with Gasteiger partial charge >= 0.3 is 0 Å². The maximum atomic E-state index is 7.07. The number of guanidine groups is 1. The number of nitrogens with two attached hydrogens (primary N) is 1. The molecule has 0 bridgehead atoms. The average molecular weight is 195 g/mol. The fraction of sp³-hybridized carbons (Fsp3) is 0.222. The summed E-state index contributed by atoms with van der Waals surface area (Å²) in [4.78, 5) is 0. The third kappa shape index (κ3) is 2.55. The topological polar surface area (TPSA) is 80.4 Å². The van der Waals surface area contributed by atoms with Gasteiger partial charge in [-0.05, 0) is 0 Å². The van der Waals surface area contributed by atoms with Crippen molar-refractivity contribution >= 4 is 11.6 Å². The van der Waals surface area contributed by atoms with Gasteiger partial charge in [-0.1, -0.05) is 0 Å². The molecule has 0 radical (unpaired) electrons. The summed E-state index contributed by atoms with van der Waals surface area (Å²) in [5.41, 5.74) is 5.86. The smallest absolute Gasteiger partial charge is 0.190 e. The summed E-state index contributed by atoms with van der Waals surface area (Å²) in [5, 5.41) is 9.73. The first-order valence-electron chi connectivity index (χ1n) is 4.00. The van der Waals surface area contributed by atoms with Gasteiger partial charge in [-0.3, -0.25) is 5.41 Å². The fourth-order valence-electron chi connectivity index (χ4n) is 1.04. The highest BCUT2D eigenvalue weighted by atomic mass is 16.5. The van der Waals surface area contributed by atoms with Crippen LogP contribution in [0.1, 0.15) is 0 Å². The molecular formula is C9H13N3O2. The van der Waals surface area contributed by atoms with Gasteiger partial charge in [0.2, 0.25) is 0 Å². The molecule has 0 atom stereocenters. The number of methoxy groups -OCH3 is 2. The van der Waals surface area contributed by atoms with Crippen LogP contribution in [0.5, 0.6) is 11.5 Å². The first-order chi connectivity index (χ1) is 6.65. The average Bonchev–Trinajstić information content (AvgIpc) is 2.16. The van der Waals surface area contributed by atoms with Crippen LogP contribution in [-0.2, 0) is 0 Å². The molecule has 0 heterocycles. The van der Waals surface area contributed by atoms with E-state index in [4.69, 9.17) is 20.6 Å². The largest absolute Gasteiger partial charge is 0.497 e. The molecule has 0 fully saturated rings. The van der Waals surface area contributed by atoms with Gasteiger partial charge in [0.05, 0.1) is 14.2 Å². The Balaban J connectivity index is 2.98. The van der Waals surface area contributed by atoms with E-state index < -0.39 is 0 Å². The van der Waals surface area contributed by atoms with Gasteiger partial charge in [0.15, 0.2) is 5.96 Å². The van der Waals surface area contributed by atoms with Crippen molar-refractivity contribution in [3.63, 3.8) is 0 Å². The van der Waals surface area contributed by atoms with Gasteiger partial charge in [-0.2, -0.15) is 0 Å². The lowest BCUT2D eigenvalue weighted by Gasteiger charge is -2.08. The molecule has 14 heavy (non-hydrogen) atoms. The van der Waals surface area contributed by atoms with E-state index in [1.165, 1.54) is 0 Å². The standard InChI is InChI=1S/C9H13N3O2/c1-13-7-3-6(12-9(10)11)4-8(5-7)14-2/h3-5H,1-2H3,(H4,10,11,12). The van der Waals surface area contributed by atoms with Crippen LogP contribution in [0.25, 0.3) is 0 Å². The van der Waals surface area contributed by atoms with E-state index in [0.717, 1.165) is 0 Å². The van der Waals surface area contributed by atoms with Crippen molar-refractivity contribution < 1.29 is 9.47 Å². The Bertz CT molecular complexity index is 317. The van der Waals surface area contributed by atoms with Gasteiger partial charge < -0.3 is 20.5 Å². The minimum Gasteiger partial charge on any atom is -0.497 e. The molecule has 4 N–H and O–H groups in total. The molecule has 5 heteroatoms. The van der Waals surface area contributed by atoms with Crippen molar-refractivity contribution in [3.8, 4) is 11.5 Å². The van der Waals surface area contributed by atoms with Crippen LogP contribution in [0, 0.1) is 5.41 Å². The van der Waals surface area contributed by atoms with Gasteiger partial charge in [-0.25, -0.2) is 0 Å². The molecule has 0 saturated heterocycles. The molecule has 0 unspecified atom stereocenters. The number of nitrogens with one attached hydrogen (secondary N) is 2. The number of ether oxygens (including phenoxy) is 2. The van der Waals surface area contributed by atoms with Crippen LogP contribution in [-0.4, -0.2) is 20.2 Å². The molecule has 76 valence electrons. The van der Waals surface area contributed by atoms with E-state index in [1.807, 2.05) is 0 Å². The Labute approximate surface area is 82.3 Å². The van der Waals surface area contributed by atoms with E-state index >= 15 is 0 Å². The molecule has 0 amide bonds. The van der Waals surface area contributed by atoms with Crippen LogP contribution in [0.15, 0.2) is 18.2 Å². The molecule has 1 aromatic carbocycles. The minimum atomic E-state index is -0.125. The van der Waals surface area contributed by atoms with Crippen molar-refractivity contribution in [2.75, 3.05) is 19.5 Å². The maximum Gasteiger partial charge on any atom is 0.190 e. The summed E-state index contributed by atoms with van der Waals surface area (Å²) in [6, 6.07) is 5.19. The summed E-state index contributed by atoms with van der Waals surface area (Å²) < 4.78 is 10.1. The third-order valence-electron chi connectivity index (χ3n) is 1.63. The zero-order valence-corrected chi connectivity index (χ0v) is 8.13. The summed E-state index contributed by atoms with van der Waals surface area (Å²) in [7, 11) is 3.12. The Morgan fingerprint density at radius 1 is 1.21 bits per heavy atom. The van der Waals surface area contributed by atoms with Crippen LogP contribution < -0.4 is 20.5 Å². The molecule has 0 spiro atoms. The monoisotopic (exact) mass is 195 g/mol. The van der Waals surface area contributed by atoms with Crippen molar-refractivity contribution in [1.29, 1.82) is 5.41 Å². The quantitative estimate of drug-likeness (QED) is 0.496. The fourth-order valence-corrected chi connectivity index (χ4v) is 1.04. The number of anilines is 1. The summed E-state index contributed by atoms with van der Waals surface area (Å²) in [6.45, 7) is 0. The zero-order chi connectivity index (χ0) is 10.6. The molecule has 0 aliphatic carbocycles. The lowest BCUT2D eigenvalue weighted by Crippen LogP contribution is -2.20. The van der Waals surface area contributed by atoms with Gasteiger partial charge in [-0.15, -0.1) is 0 Å². The number of benzene rings is 1. The highest BCUT2D eigenvalue weighted by Crippen LogP contribution is 2.25. The maximum absolute atomic E-state index is 7.07. The Hall–Kier alpha value is -1.91. The van der Waals surface area contributed by atoms with Crippen LogP contribution in [0.4, 0.5) is 5.69 Å². The van der Waals surface area contributed by atoms with E-state index in [-0.39, 0.29) is 5.96 Å². The van der Waals surface area contributed by atoms with Gasteiger partial charge in [0.25, 0.3) is 0 Å². The Morgan fingerprint density at radius 3 is 2.07 bits per heavy atom. The van der Waals surface area contributed by atoms with E-state index in [0.29, 0.717) is 17.2 Å². The van der Waals surface area contributed by atoms with Crippen molar-refractivity contribution in [2.24, 2.45) is 5.73 Å². The second kappa shape index (κ2) is 4.36. The first-order valence-corrected chi connectivity index (χ1v) is 4.00. The highest BCUT2D eigenvalue weighted by molar-refractivity contribution is 5.90. The van der Waals surface area contributed by atoms with Crippen molar-refractivity contribution in [2.45, 2.75) is 0 Å². The molecular weight excluding hydrogens is 182 g/mol. The summed E-state index contributed by atoms with van der Waals surface area (Å²) in [6.07, 6.45) is 0. The molecule has 1 rings (SSSR count). The molecule has 0 aliphatic heterocycles. The molecule has 1 aromatic rings. The normalized spacial score (nSPS) is 9.29. The number of rotatable bonds is 3. The zero-order valence-electron chi connectivity index (χ0n) is 8.13. The molecule has 0 saturated carbocycles. The summed E-state index contributed by atoms with van der Waals surface area (Å²) in [5.74, 6) is 1.17. The SMILES string of the molecule is COc1cc(NC(=N)N)cc(OC)c1. The molecule has 0 aromatic heterocycles. The van der Waals surface area contributed by atoms with Crippen molar-refractivity contribution in [3.05, 3.63) is 18.2 Å². The molecule has 0 aliphatic rings. The number of hydrogen-bond donors (Lipinski definition) is 3. The van der Waals surface area contributed by atoms with Gasteiger partial charge in [0.1, 0.15) is 11.5 Å². The predicted octanol–water partition coefficient (Wildman–Crippen LogP) is 1.01. The lowest BCUT2D eigenvalue weighted by molar-refractivity contribution is 0.395. The lowest BCUT2D eigenvalue weighted by atomic mass is 10.3. The van der Waals surface area contributed by atoms with Crippen molar-refractivity contribution in [1.82, 2.24) is 0 Å². The second-order valence-electron chi connectivity index (χ2n) is 2.64.